The third kappa shape index (κ3) is 7.28. The van der Waals surface area contributed by atoms with E-state index in [1.165, 1.54) is 11.9 Å². The molecule has 0 heterocycles. The summed E-state index contributed by atoms with van der Waals surface area (Å²) in [4.78, 5) is 35.0. The molecule has 3 amide bonds. The van der Waals surface area contributed by atoms with Crippen LogP contribution in [-0.2, 0) is 9.59 Å². The molecule has 0 bridgehead atoms. The molecule has 0 aromatic heterocycles. The first-order chi connectivity index (χ1) is 8.92. The first-order valence-electron chi connectivity index (χ1n) is 6.34. The molecule has 0 saturated carbocycles. The molecule has 3 N–H and O–H groups in total. The maximum absolute atomic E-state index is 11.7. The molecule has 0 fully saturated rings. The van der Waals surface area contributed by atoms with Gasteiger partial charge in [-0.2, -0.15) is 0 Å². The van der Waals surface area contributed by atoms with Crippen molar-refractivity contribution in [2.75, 3.05) is 27.2 Å². The van der Waals surface area contributed by atoms with Gasteiger partial charge in [0.25, 0.3) is 0 Å². The van der Waals surface area contributed by atoms with Crippen LogP contribution in [0.5, 0.6) is 0 Å². The SMILES string of the molecule is CCCC(CNC(=O)N(C)CCC(=O)NC)C(=O)O. The van der Waals surface area contributed by atoms with Crippen LogP contribution in [0.3, 0.4) is 0 Å². The predicted octanol–water partition coefficient (Wildman–Crippen LogP) is 0.265. The molecule has 0 aliphatic heterocycles. The molecule has 1 atom stereocenters. The summed E-state index contributed by atoms with van der Waals surface area (Å²) < 4.78 is 0. The molecule has 0 aromatic rings. The lowest BCUT2D eigenvalue weighted by molar-refractivity contribution is -0.141. The highest BCUT2D eigenvalue weighted by Crippen LogP contribution is 2.05. The topological polar surface area (TPSA) is 98.7 Å². The second-order valence-corrected chi connectivity index (χ2v) is 4.35. The van der Waals surface area contributed by atoms with Crippen LogP contribution >= 0.6 is 0 Å². The highest BCUT2D eigenvalue weighted by Gasteiger charge is 2.18. The summed E-state index contributed by atoms with van der Waals surface area (Å²) >= 11 is 0. The number of hydrogen-bond donors (Lipinski definition) is 3. The molecule has 0 aliphatic rings. The number of nitrogens with zero attached hydrogens (tertiary/aromatic N) is 1. The van der Waals surface area contributed by atoms with Crippen molar-refractivity contribution >= 4 is 17.9 Å². The summed E-state index contributed by atoms with van der Waals surface area (Å²) in [5.74, 6) is -1.62. The maximum Gasteiger partial charge on any atom is 0.317 e. The Bertz CT molecular complexity index is 320. The predicted molar refractivity (Wildman–Crippen MR) is 70.7 cm³/mol. The largest absolute Gasteiger partial charge is 0.481 e. The van der Waals surface area contributed by atoms with Crippen molar-refractivity contribution in [3.05, 3.63) is 0 Å². The normalized spacial score (nSPS) is 11.5. The average Bonchev–Trinajstić information content (AvgIpc) is 2.39. The van der Waals surface area contributed by atoms with Gasteiger partial charge in [-0.15, -0.1) is 0 Å². The van der Waals surface area contributed by atoms with Gasteiger partial charge in [0.05, 0.1) is 5.92 Å². The Morgan fingerprint density at radius 1 is 1.32 bits per heavy atom. The number of carbonyl (C=O) groups excluding carboxylic acids is 2. The Kier molecular flexibility index (Phi) is 8.32. The summed E-state index contributed by atoms with van der Waals surface area (Å²) in [6.45, 7) is 2.29. The molecule has 1 unspecified atom stereocenters. The summed E-state index contributed by atoms with van der Waals surface area (Å²) in [5.41, 5.74) is 0. The molecule has 0 saturated heterocycles. The standard InChI is InChI=1S/C12H23N3O4/c1-4-5-9(11(17)18)8-14-12(19)15(3)7-6-10(16)13-2/h9H,4-8H2,1-3H3,(H,13,16)(H,14,19)(H,17,18). The van der Waals surface area contributed by atoms with Gasteiger partial charge >= 0.3 is 12.0 Å². The Balaban J connectivity index is 4.07. The number of carbonyl (C=O) groups is 3. The number of nitrogens with one attached hydrogen (secondary N) is 2. The van der Waals surface area contributed by atoms with E-state index in [9.17, 15) is 14.4 Å². The van der Waals surface area contributed by atoms with E-state index in [1.54, 1.807) is 7.05 Å². The Labute approximate surface area is 113 Å². The zero-order valence-electron chi connectivity index (χ0n) is 11.7. The van der Waals surface area contributed by atoms with E-state index in [-0.39, 0.29) is 31.4 Å². The smallest absolute Gasteiger partial charge is 0.317 e. The Morgan fingerprint density at radius 3 is 2.42 bits per heavy atom. The number of amides is 3. The van der Waals surface area contributed by atoms with Crippen molar-refractivity contribution in [3.63, 3.8) is 0 Å². The fourth-order valence-corrected chi connectivity index (χ4v) is 1.50. The van der Waals surface area contributed by atoms with Gasteiger partial charge in [-0.1, -0.05) is 13.3 Å². The molecule has 0 rings (SSSR count). The van der Waals surface area contributed by atoms with Crippen molar-refractivity contribution in [1.82, 2.24) is 15.5 Å². The summed E-state index contributed by atoms with van der Waals surface area (Å²) in [5, 5.41) is 14.0. The summed E-state index contributed by atoms with van der Waals surface area (Å²) in [7, 11) is 3.10. The zero-order chi connectivity index (χ0) is 14.8. The van der Waals surface area contributed by atoms with E-state index in [0.717, 1.165) is 6.42 Å². The maximum atomic E-state index is 11.7. The van der Waals surface area contributed by atoms with Gasteiger partial charge in [0.2, 0.25) is 5.91 Å². The van der Waals surface area contributed by atoms with E-state index in [4.69, 9.17) is 5.11 Å². The summed E-state index contributed by atoms with van der Waals surface area (Å²) in [6.07, 6.45) is 1.49. The molecule has 0 spiro atoms. The van der Waals surface area contributed by atoms with Crippen LogP contribution in [0, 0.1) is 5.92 Å². The van der Waals surface area contributed by atoms with E-state index in [0.29, 0.717) is 6.42 Å². The molecule has 7 heteroatoms. The van der Waals surface area contributed by atoms with E-state index in [2.05, 4.69) is 10.6 Å². The Morgan fingerprint density at radius 2 is 1.95 bits per heavy atom. The van der Waals surface area contributed by atoms with Gasteiger partial charge < -0.3 is 20.6 Å². The van der Waals surface area contributed by atoms with Crippen molar-refractivity contribution in [2.45, 2.75) is 26.2 Å². The second-order valence-electron chi connectivity index (χ2n) is 4.35. The van der Waals surface area contributed by atoms with Gasteiger partial charge in [0.15, 0.2) is 0 Å². The van der Waals surface area contributed by atoms with Crippen LogP contribution < -0.4 is 10.6 Å². The van der Waals surface area contributed by atoms with Gasteiger partial charge in [-0.3, -0.25) is 9.59 Å². The van der Waals surface area contributed by atoms with E-state index >= 15 is 0 Å². The fraction of sp³-hybridized carbons (Fsp3) is 0.750. The minimum atomic E-state index is -0.907. The van der Waals surface area contributed by atoms with Crippen molar-refractivity contribution in [3.8, 4) is 0 Å². The fourth-order valence-electron chi connectivity index (χ4n) is 1.50. The van der Waals surface area contributed by atoms with E-state index < -0.39 is 11.9 Å². The van der Waals surface area contributed by atoms with Gasteiger partial charge in [-0.05, 0) is 6.42 Å². The van der Waals surface area contributed by atoms with Crippen LogP contribution in [0.1, 0.15) is 26.2 Å². The molecule has 0 aromatic carbocycles. The number of carboxylic acids is 1. The average molecular weight is 273 g/mol. The lowest BCUT2D eigenvalue weighted by Gasteiger charge is -2.19. The number of hydrogen-bond acceptors (Lipinski definition) is 3. The molecule has 19 heavy (non-hydrogen) atoms. The lowest BCUT2D eigenvalue weighted by Crippen LogP contribution is -2.42. The van der Waals surface area contributed by atoms with Gasteiger partial charge in [0, 0.05) is 33.6 Å². The second kappa shape index (κ2) is 9.18. The molecule has 110 valence electrons. The number of rotatable bonds is 8. The highest BCUT2D eigenvalue weighted by molar-refractivity contribution is 5.78. The Hall–Kier alpha value is -1.79. The summed E-state index contributed by atoms with van der Waals surface area (Å²) in [6, 6.07) is -0.369. The minimum absolute atomic E-state index is 0.103. The highest BCUT2D eigenvalue weighted by atomic mass is 16.4. The number of carboxylic acid groups (broad SMARTS) is 1. The molecule has 0 radical (unpaired) electrons. The molecule has 0 aliphatic carbocycles. The first-order valence-corrected chi connectivity index (χ1v) is 6.34. The van der Waals surface area contributed by atoms with Crippen LogP contribution in [0.2, 0.25) is 0 Å². The first kappa shape index (κ1) is 17.2. The third-order valence-electron chi connectivity index (χ3n) is 2.79. The van der Waals surface area contributed by atoms with Crippen molar-refractivity contribution < 1.29 is 19.5 Å². The molecular formula is C12H23N3O4. The number of aliphatic carboxylic acids is 1. The van der Waals surface area contributed by atoms with Crippen LogP contribution in [0.15, 0.2) is 0 Å². The van der Waals surface area contributed by atoms with Crippen LogP contribution in [0.4, 0.5) is 4.79 Å². The zero-order valence-corrected chi connectivity index (χ0v) is 11.7. The van der Waals surface area contributed by atoms with Gasteiger partial charge in [0.1, 0.15) is 0 Å². The quantitative estimate of drug-likeness (QED) is 0.591. The lowest BCUT2D eigenvalue weighted by atomic mass is 10.0. The van der Waals surface area contributed by atoms with Gasteiger partial charge in [-0.25, -0.2) is 4.79 Å². The van der Waals surface area contributed by atoms with Crippen molar-refractivity contribution in [1.29, 1.82) is 0 Å². The monoisotopic (exact) mass is 273 g/mol. The van der Waals surface area contributed by atoms with Crippen molar-refractivity contribution in [2.24, 2.45) is 5.92 Å². The molecule has 7 nitrogen and oxygen atoms in total. The molecular weight excluding hydrogens is 250 g/mol. The van der Waals surface area contributed by atoms with Crippen LogP contribution in [0.25, 0.3) is 0 Å². The third-order valence-corrected chi connectivity index (χ3v) is 2.79. The minimum Gasteiger partial charge on any atom is -0.481 e. The number of urea groups is 1. The van der Waals surface area contributed by atoms with Crippen LogP contribution in [-0.4, -0.2) is 55.1 Å². The van der Waals surface area contributed by atoms with E-state index in [1.807, 2.05) is 6.92 Å².